The number of aryl methyl sites for hydroxylation is 1. The Morgan fingerprint density at radius 1 is 1.09 bits per heavy atom. The highest BCUT2D eigenvalue weighted by atomic mass is 19.1. The smallest absolute Gasteiger partial charge is 0.346 e. The fourth-order valence-electron chi connectivity index (χ4n) is 3.81. The highest BCUT2D eigenvalue weighted by molar-refractivity contribution is 6.15. The maximum atomic E-state index is 13.8. The molecule has 0 unspecified atom stereocenters. The Hall–Kier alpha value is -4.19. The lowest BCUT2D eigenvalue weighted by Gasteiger charge is -2.06. The number of carbonyl (C=O) groups excluding carboxylic acids is 2. The van der Waals surface area contributed by atoms with E-state index in [0.29, 0.717) is 11.3 Å². The number of carbonyl (C=O) groups is 2. The summed E-state index contributed by atoms with van der Waals surface area (Å²) in [6.45, 7) is 2.86. The van der Waals surface area contributed by atoms with Crippen molar-refractivity contribution in [1.82, 2.24) is 4.57 Å². The van der Waals surface area contributed by atoms with Gasteiger partial charge >= 0.3 is 5.97 Å². The Morgan fingerprint density at radius 2 is 1.88 bits per heavy atom. The summed E-state index contributed by atoms with van der Waals surface area (Å²) in [5.74, 6) is -1.10. The first-order valence-electron chi connectivity index (χ1n) is 10.2. The topological polar surface area (TPSA) is 57.5 Å². The molecule has 0 spiro atoms. The molecule has 0 atom stereocenters. The zero-order valence-electron chi connectivity index (χ0n) is 17.2. The summed E-state index contributed by atoms with van der Waals surface area (Å²) < 4.78 is 27.0. The molecule has 0 saturated carbocycles. The zero-order valence-corrected chi connectivity index (χ0v) is 17.2. The molecule has 5 rings (SSSR count). The van der Waals surface area contributed by atoms with E-state index in [1.165, 1.54) is 36.4 Å². The third kappa shape index (κ3) is 3.36. The van der Waals surface area contributed by atoms with E-state index in [-0.39, 0.29) is 22.9 Å². The number of ether oxygens (including phenoxy) is 2. The van der Waals surface area contributed by atoms with E-state index in [0.717, 1.165) is 23.0 Å². The first kappa shape index (κ1) is 19.8. The summed E-state index contributed by atoms with van der Waals surface area (Å²) in [6.07, 6.45) is 3.71. The van der Waals surface area contributed by atoms with Gasteiger partial charge in [-0.05, 0) is 43.3 Å². The van der Waals surface area contributed by atoms with Crippen LogP contribution in [0.15, 0.2) is 78.7 Å². The largest absolute Gasteiger partial charge is 0.452 e. The van der Waals surface area contributed by atoms with Crippen LogP contribution in [0.3, 0.4) is 0 Å². The predicted molar refractivity (Wildman–Crippen MR) is 118 cm³/mol. The minimum atomic E-state index is -0.824. The molecule has 1 aliphatic rings. The predicted octanol–water partition coefficient (Wildman–Crippen LogP) is 5.64. The Labute approximate surface area is 183 Å². The highest BCUT2D eigenvalue weighted by Gasteiger charge is 2.28. The van der Waals surface area contributed by atoms with Gasteiger partial charge in [-0.2, -0.15) is 0 Å². The number of hydrogen-bond donors (Lipinski definition) is 0. The van der Waals surface area contributed by atoms with Gasteiger partial charge in [-0.25, -0.2) is 9.18 Å². The minimum Gasteiger partial charge on any atom is -0.452 e. The number of esters is 1. The van der Waals surface area contributed by atoms with Crippen LogP contribution in [0.1, 0.15) is 33.2 Å². The molecule has 0 radical (unpaired) electrons. The molecular formula is C26H18FNO4. The Kier molecular flexibility index (Phi) is 4.82. The first-order chi connectivity index (χ1) is 15.5. The van der Waals surface area contributed by atoms with Crippen molar-refractivity contribution in [1.29, 1.82) is 0 Å². The van der Waals surface area contributed by atoms with E-state index in [1.54, 1.807) is 12.1 Å². The van der Waals surface area contributed by atoms with Crippen LogP contribution < -0.4 is 9.47 Å². The van der Waals surface area contributed by atoms with Crippen molar-refractivity contribution < 1.29 is 23.5 Å². The molecule has 5 nitrogen and oxygen atoms in total. The Bertz CT molecular complexity index is 1420. The molecule has 0 aliphatic carbocycles. The van der Waals surface area contributed by atoms with Crippen molar-refractivity contribution in [2.24, 2.45) is 0 Å². The minimum absolute atomic E-state index is 0.161. The number of rotatable bonds is 4. The fraction of sp³-hybridized carbons (Fsp3) is 0.0769. The first-order valence-corrected chi connectivity index (χ1v) is 10.2. The second kappa shape index (κ2) is 7.81. The quantitative estimate of drug-likeness (QED) is 0.240. The van der Waals surface area contributed by atoms with Gasteiger partial charge in [0.2, 0.25) is 5.78 Å². The van der Waals surface area contributed by atoms with Crippen molar-refractivity contribution >= 4 is 28.7 Å². The average Bonchev–Trinajstić information content (AvgIpc) is 3.31. The maximum absolute atomic E-state index is 13.8. The molecule has 0 saturated heterocycles. The summed E-state index contributed by atoms with van der Waals surface area (Å²) in [6, 6.07) is 18.0. The summed E-state index contributed by atoms with van der Waals surface area (Å²) in [7, 11) is 0. The highest BCUT2D eigenvalue weighted by Crippen LogP contribution is 2.36. The van der Waals surface area contributed by atoms with Gasteiger partial charge in [0.25, 0.3) is 0 Å². The number of allylic oxidation sites excluding steroid dienone is 1. The number of aromatic nitrogens is 1. The van der Waals surface area contributed by atoms with Gasteiger partial charge in [0, 0.05) is 35.3 Å². The molecule has 2 heterocycles. The zero-order chi connectivity index (χ0) is 22.2. The molecule has 6 heteroatoms. The number of benzene rings is 3. The number of ketones is 1. The molecule has 32 heavy (non-hydrogen) atoms. The second-order valence-corrected chi connectivity index (χ2v) is 7.35. The van der Waals surface area contributed by atoms with Crippen LogP contribution in [0, 0.1) is 5.82 Å². The van der Waals surface area contributed by atoms with Crippen LogP contribution >= 0.6 is 0 Å². The van der Waals surface area contributed by atoms with Gasteiger partial charge in [0.1, 0.15) is 17.3 Å². The van der Waals surface area contributed by atoms with Crippen molar-refractivity contribution in [2.45, 2.75) is 13.5 Å². The van der Waals surface area contributed by atoms with Crippen LogP contribution in [0.5, 0.6) is 11.5 Å². The Balaban J connectivity index is 1.43. The molecule has 158 valence electrons. The molecule has 4 aromatic rings. The van der Waals surface area contributed by atoms with Gasteiger partial charge in [-0.15, -0.1) is 0 Å². The van der Waals surface area contributed by atoms with E-state index in [2.05, 4.69) is 11.5 Å². The van der Waals surface area contributed by atoms with Crippen molar-refractivity contribution in [3.05, 3.63) is 101 Å². The molecule has 0 N–H and O–H groups in total. The van der Waals surface area contributed by atoms with Crippen LogP contribution in [-0.4, -0.2) is 16.3 Å². The molecule has 0 amide bonds. The summed E-state index contributed by atoms with van der Waals surface area (Å²) in [4.78, 5) is 25.1. The summed E-state index contributed by atoms with van der Waals surface area (Å²) in [5.41, 5.74) is 2.16. The lowest BCUT2D eigenvalue weighted by molar-refractivity contribution is 0.0729. The molecule has 0 fully saturated rings. The van der Waals surface area contributed by atoms with Crippen LogP contribution in [0.25, 0.3) is 17.0 Å². The SMILES string of the molecule is CCn1cc(/C=C2/Oc3cc(OC(=O)c4ccccc4F)ccc3C2=O)c2ccccc21. The number of hydrogen-bond acceptors (Lipinski definition) is 4. The molecule has 1 aliphatic heterocycles. The number of halogens is 1. The summed E-state index contributed by atoms with van der Waals surface area (Å²) >= 11 is 0. The molecular weight excluding hydrogens is 409 g/mol. The van der Waals surface area contributed by atoms with E-state index in [9.17, 15) is 14.0 Å². The van der Waals surface area contributed by atoms with Crippen molar-refractivity contribution in [3.63, 3.8) is 0 Å². The Morgan fingerprint density at radius 3 is 2.69 bits per heavy atom. The third-order valence-corrected chi connectivity index (χ3v) is 5.39. The molecule has 0 bridgehead atoms. The van der Waals surface area contributed by atoms with Crippen LogP contribution in [0.2, 0.25) is 0 Å². The van der Waals surface area contributed by atoms with E-state index < -0.39 is 11.8 Å². The standard InChI is InChI=1S/C26H18FNO4/c1-2-28-15-16(18-7-4-6-10-22(18)28)13-24-25(29)20-12-11-17(14-23(20)32-24)31-26(30)19-8-3-5-9-21(19)27/h3-15H,2H2,1H3/b24-13+. The van der Waals surface area contributed by atoms with Gasteiger partial charge in [0.05, 0.1) is 11.1 Å². The van der Waals surface area contributed by atoms with Crippen molar-refractivity contribution in [3.8, 4) is 11.5 Å². The van der Waals surface area contributed by atoms with Crippen LogP contribution in [-0.2, 0) is 6.54 Å². The number of Topliss-reactive ketones (excluding diaryl/α,β-unsaturated/α-hetero) is 1. The van der Waals surface area contributed by atoms with Gasteiger partial charge in [-0.1, -0.05) is 30.3 Å². The van der Waals surface area contributed by atoms with Crippen molar-refractivity contribution in [2.75, 3.05) is 0 Å². The van der Waals surface area contributed by atoms with Gasteiger partial charge in [-0.3, -0.25) is 4.79 Å². The maximum Gasteiger partial charge on any atom is 0.346 e. The van der Waals surface area contributed by atoms with E-state index >= 15 is 0 Å². The van der Waals surface area contributed by atoms with E-state index in [1.807, 2.05) is 30.5 Å². The third-order valence-electron chi connectivity index (χ3n) is 5.39. The number of para-hydroxylation sites is 1. The average molecular weight is 427 g/mol. The lowest BCUT2D eigenvalue weighted by Crippen LogP contribution is -2.10. The normalized spacial score (nSPS) is 13.9. The van der Waals surface area contributed by atoms with Gasteiger partial charge < -0.3 is 14.0 Å². The van der Waals surface area contributed by atoms with Gasteiger partial charge in [0.15, 0.2) is 5.76 Å². The van der Waals surface area contributed by atoms with E-state index in [4.69, 9.17) is 9.47 Å². The lowest BCUT2D eigenvalue weighted by atomic mass is 10.1. The second-order valence-electron chi connectivity index (χ2n) is 7.35. The molecule has 3 aromatic carbocycles. The summed E-state index contributed by atoms with van der Waals surface area (Å²) in [5, 5.41) is 1.02. The molecule has 1 aromatic heterocycles. The van der Waals surface area contributed by atoms with Crippen LogP contribution in [0.4, 0.5) is 4.39 Å². The number of fused-ring (bicyclic) bond motifs is 2. The number of nitrogens with zero attached hydrogens (tertiary/aromatic N) is 1. The fourth-order valence-corrected chi connectivity index (χ4v) is 3.81. The monoisotopic (exact) mass is 427 g/mol.